The van der Waals surface area contributed by atoms with Crippen LogP contribution in [0, 0.1) is 6.92 Å². The monoisotopic (exact) mass is 354 g/mol. The van der Waals surface area contributed by atoms with E-state index >= 15 is 0 Å². The van der Waals surface area contributed by atoms with Crippen LogP contribution >= 0.6 is 0 Å². The molecule has 0 radical (unpaired) electrons. The Balaban J connectivity index is 1.62. The Hall–Kier alpha value is -2.11. The fourth-order valence-electron chi connectivity index (χ4n) is 3.75. The van der Waals surface area contributed by atoms with Gasteiger partial charge in [-0.25, -0.2) is 8.42 Å². The van der Waals surface area contributed by atoms with Crippen LogP contribution in [-0.2, 0) is 17.1 Å². The number of nitrogens with zero attached hydrogens (tertiary/aromatic N) is 2. The minimum Gasteiger partial charge on any atom is -0.347 e. The number of hydrogen-bond acceptors (Lipinski definition) is 2. The highest BCUT2D eigenvalue weighted by Gasteiger charge is 2.34. The third-order valence-corrected chi connectivity index (χ3v) is 7.10. The standard InChI is InChI=1S/C20H22N2O2S/c1-15-7-9-18(10-8-15)25(23,24)22-12-11-17(14-22)20-13-16-5-3-4-6-19(16)21(20)2/h3-10,13,17H,11-12,14H2,1-2H3. The molecule has 0 spiro atoms. The van der Waals surface area contributed by atoms with Gasteiger partial charge >= 0.3 is 0 Å². The van der Waals surface area contributed by atoms with Crippen LogP contribution < -0.4 is 0 Å². The van der Waals surface area contributed by atoms with E-state index in [1.807, 2.05) is 31.2 Å². The Kier molecular flexibility index (Phi) is 3.93. The van der Waals surface area contributed by atoms with Crippen molar-refractivity contribution in [3.63, 3.8) is 0 Å². The topological polar surface area (TPSA) is 42.3 Å². The summed E-state index contributed by atoms with van der Waals surface area (Å²) >= 11 is 0. The van der Waals surface area contributed by atoms with Gasteiger partial charge in [0, 0.05) is 37.3 Å². The van der Waals surface area contributed by atoms with E-state index in [-0.39, 0.29) is 5.92 Å². The van der Waals surface area contributed by atoms with Crippen LogP contribution in [0.15, 0.2) is 59.5 Å². The van der Waals surface area contributed by atoms with Gasteiger partial charge in [0.2, 0.25) is 10.0 Å². The van der Waals surface area contributed by atoms with Crippen molar-refractivity contribution < 1.29 is 8.42 Å². The summed E-state index contributed by atoms with van der Waals surface area (Å²) in [5.41, 5.74) is 3.47. The lowest BCUT2D eigenvalue weighted by Crippen LogP contribution is -2.28. The molecule has 2 heterocycles. The van der Waals surface area contributed by atoms with Gasteiger partial charge in [0.1, 0.15) is 0 Å². The minimum atomic E-state index is -3.42. The normalized spacial score (nSPS) is 18.9. The fourth-order valence-corrected chi connectivity index (χ4v) is 5.25. The molecule has 0 saturated carbocycles. The summed E-state index contributed by atoms with van der Waals surface area (Å²) in [7, 11) is -1.35. The first-order valence-electron chi connectivity index (χ1n) is 8.58. The van der Waals surface area contributed by atoms with Gasteiger partial charge < -0.3 is 4.57 Å². The quantitative estimate of drug-likeness (QED) is 0.720. The summed E-state index contributed by atoms with van der Waals surface area (Å²) in [5.74, 6) is 0.234. The minimum absolute atomic E-state index is 0.234. The highest BCUT2D eigenvalue weighted by Crippen LogP contribution is 2.33. The second kappa shape index (κ2) is 6.00. The van der Waals surface area contributed by atoms with Crippen molar-refractivity contribution in [3.8, 4) is 0 Å². The largest absolute Gasteiger partial charge is 0.347 e. The summed E-state index contributed by atoms with van der Waals surface area (Å²) in [6.45, 7) is 3.07. The van der Waals surface area contributed by atoms with Crippen molar-refractivity contribution in [3.05, 3.63) is 65.9 Å². The molecule has 0 bridgehead atoms. The predicted molar refractivity (Wildman–Crippen MR) is 100 cm³/mol. The molecular weight excluding hydrogens is 332 g/mol. The second-order valence-electron chi connectivity index (χ2n) is 6.85. The van der Waals surface area contributed by atoms with E-state index in [9.17, 15) is 8.42 Å². The van der Waals surface area contributed by atoms with E-state index in [1.54, 1.807) is 16.4 Å². The molecule has 1 fully saturated rings. The molecule has 25 heavy (non-hydrogen) atoms. The maximum absolute atomic E-state index is 12.9. The number of benzene rings is 2. The van der Waals surface area contributed by atoms with E-state index in [0.717, 1.165) is 12.0 Å². The van der Waals surface area contributed by atoms with Crippen LogP contribution in [0.1, 0.15) is 23.6 Å². The van der Waals surface area contributed by atoms with Crippen LogP contribution in [0.5, 0.6) is 0 Å². The van der Waals surface area contributed by atoms with Gasteiger partial charge in [-0.3, -0.25) is 0 Å². The highest BCUT2D eigenvalue weighted by atomic mass is 32.2. The number of fused-ring (bicyclic) bond motifs is 1. The Labute approximate surface area is 148 Å². The van der Waals surface area contributed by atoms with Gasteiger partial charge in [0.05, 0.1) is 4.90 Å². The van der Waals surface area contributed by atoms with Gasteiger partial charge in [-0.1, -0.05) is 35.9 Å². The smallest absolute Gasteiger partial charge is 0.243 e. The Bertz CT molecular complexity index is 1020. The van der Waals surface area contributed by atoms with Gasteiger partial charge in [-0.2, -0.15) is 4.31 Å². The summed E-state index contributed by atoms with van der Waals surface area (Å²) in [6, 6.07) is 17.6. The molecule has 1 saturated heterocycles. The molecule has 1 aromatic heterocycles. The average molecular weight is 354 g/mol. The van der Waals surface area contributed by atoms with Crippen LogP contribution in [0.2, 0.25) is 0 Å². The molecule has 0 aliphatic carbocycles. The van der Waals surface area contributed by atoms with Crippen LogP contribution in [0.4, 0.5) is 0 Å². The molecule has 4 rings (SSSR count). The van der Waals surface area contributed by atoms with Crippen molar-refractivity contribution in [2.24, 2.45) is 7.05 Å². The van der Waals surface area contributed by atoms with E-state index in [4.69, 9.17) is 0 Å². The molecule has 130 valence electrons. The molecule has 5 heteroatoms. The number of aryl methyl sites for hydroxylation is 2. The van der Waals surface area contributed by atoms with E-state index in [0.29, 0.717) is 18.0 Å². The van der Waals surface area contributed by atoms with E-state index in [1.165, 1.54) is 16.6 Å². The first-order valence-corrected chi connectivity index (χ1v) is 10.0. The zero-order chi connectivity index (χ0) is 17.6. The number of para-hydroxylation sites is 1. The summed E-state index contributed by atoms with van der Waals surface area (Å²) in [6.07, 6.45) is 0.856. The number of sulfonamides is 1. The van der Waals surface area contributed by atoms with E-state index in [2.05, 4.69) is 29.8 Å². The van der Waals surface area contributed by atoms with Crippen molar-refractivity contribution in [1.29, 1.82) is 0 Å². The van der Waals surface area contributed by atoms with Gasteiger partial charge in [0.15, 0.2) is 0 Å². The number of rotatable bonds is 3. The lowest BCUT2D eigenvalue weighted by molar-refractivity contribution is 0.471. The summed E-state index contributed by atoms with van der Waals surface area (Å²) < 4.78 is 29.6. The lowest BCUT2D eigenvalue weighted by atomic mass is 10.1. The fraction of sp³-hybridized carbons (Fsp3) is 0.300. The Morgan fingerprint density at radius 2 is 1.76 bits per heavy atom. The second-order valence-corrected chi connectivity index (χ2v) is 8.79. The van der Waals surface area contributed by atoms with Gasteiger partial charge in [-0.05, 0) is 43.0 Å². The maximum atomic E-state index is 12.9. The van der Waals surface area contributed by atoms with Crippen LogP contribution in [0.3, 0.4) is 0 Å². The van der Waals surface area contributed by atoms with Crippen LogP contribution in [-0.4, -0.2) is 30.4 Å². The Morgan fingerprint density at radius 3 is 2.48 bits per heavy atom. The molecule has 1 unspecified atom stereocenters. The molecule has 0 amide bonds. The van der Waals surface area contributed by atoms with Crippen molar-refractivity contribution in [2.75, 3.05) is 13.1 Å². The van der Waals surface area contributed by atoms with Crippen molar-refractivity contribution >= 4 is 20.9 Å². The molecular formula is C20H22N2O2S. The third kappa shape index (κ3) is 2.77. The summed E-state index contributed by atoms with van der Waals surface area (Å²) in [5, 5.41) is 1.21. The SMILES string of the molecule is Cc1ccc(S(=O)(=O)N2CCC(c3cc4ccccc4n3C)C2)cc1. The van der Waals surface area contributed by atoms with Gasteiger partial charge in [0.25, 0.3) is 0 Å². The Morgan fingerprint density at radius 1 is 1.04 bits per heavy atom. The van der Waals surface area contributed by atoms with E-state index < -0.39 is 10.0 Å². The average Bonchev–Trinajstić information content (AvgIpc) is 3.21. The first-order chi connectivity index (χ1) is 12.0. The maximum Gasteiger partial charge on any atom is 0.243 e. The van der Waals surface area contributed by atoms with Crippen molar-refractivity contribution in [2.45, 2.75) is 24.2 Å². The molecule has 4 nitrogen and oxygen atoms in total. The predicted octanol–water partition coefficient (Wildman–Crippen LogP) is 3.66. The zero-order valence-corrected chi connectivity index (χ0v) is 15.3. The van der Waals surface area contributed by atoms with Crippen LogP contribution in [0.25, 0.3) is 10.9 Å². The molecule has 1 aliphatic heterocycles. The first kappa shape index (κ1) is 16.4. The lowest BCUT2D eigenvalue weighted by Gasteiger charge is -2.17. The third-order valence-electron chi connectivity index (χ3n) is 5.22. The van der Waals surface area contributed by atoms with Gasteiger partial charge in [-0.15, -0.1) is 0 Å². The molecule has 0 N–H and O–H groups in total. The molecule has 1 aliphatic rings. The molecule has 3 aromatic rings. The van der Waals surface area contributed by atoms with Crippen molar-refractivity contribution in [1.82, 2.24) is 8.87 Å². The number of hydrogen-bond donors (Lipinski definition) is 0. The molecule has 2 aromatic carbocycles. The summed E-state index contributed by atoms with van der Waals surface area (Å²) in [4.78, 5) is 0.385. The zero-order valence-electron chi connectivity index (χ0n) is 14.5. The highest BCUT2D eigenvalue weighted by molar-refractivity contribution is 7.89. The molecule has 1 atom stereocenters. The number of aromatic nitrogens is 1.